The summed E-state index contributed by atoms with van der Waals surface area (Å²) in [5.74, 6) is -0.272. The molecule has 0 spiro atoms. The van der Waals surface area contributed by atoms with E-state index in [9.17, 15) is 9.59 Å². The fraction of sp³-hybridized carbons (Fsp3) is 0.154. The van der Waals surface area contributed by atoms with Crippen molar-refractivity contribution in [2.45, 2.75) is 19.8 Å². The zero-order valence-corrected chi connectivity index (χ0v) is 21.5. The minimum atomic E-state index is -0.528. The topological polar surface area (TPSA) is 67.4 Å². The molecule has 3 rings (SSSR count). The lowest BCUT2D eigenvalue weighted by Crippen LogP contribution is -2.30. The highest BCUT2D eigenvalue weighted by molar-refractivity contribution is 9.10. The van der Waals surface area contributed by atoms with E-state index in [-0.39, 0.29) is 10.7 Å². The van der Waals surface area contributed by atoms with E-state index in [1.807, 2.05) is 24.3 Å². The number of ether oxygens (including phenoxy) is 1. The summed E-state index contributed by atoms with van der Waals surface area (Å²) in [5.41, 5.74) is 1.56. The molecule has 2 amide bonds. The third-order valence-corrected chi connectivity index (χ3v) is 5.81. The number of halogens is 3. The second kappa shape index (κ2) is 12.6. The van der Waals surface area contributed by atoms with Crippen molar-refractivity contribution in [2.75, 3.05) is 11.9 Å². The SMILES string of the molecule is CCCCOc1ccc(C(=O)N/C(=C\c2ccc(Br)cc2)C(=O)Nc2ccc(Cl)cc2Cl)cc1. The minimum absolute atomic E-state index is 0.0570. The van der Waals surface area contributed by atoms with E-state index in [0.29, 0.717) is 28.6 Å². The van der Waals surface area contributed by atoms with Gasteiger partial charge in [-0.3, -0.25) is 9.59 Å². The van der Waals surface area contributed by atoms with Crippen molar-refractivity contribution in [2.24, 2.45) is 0 Å². The molecule has 0 saturated heterocycles. The number of rotatable bonds is 9. The molecular weight excluding hydrogens is 539 g/mol. The number of benzene rings is 3. The van der Waals surface area contributed by atoms with E-state index in [1.165, 1.54) is 6.07 Å². The van der Waals surface area contributed by atoms with Crippen LogP contribution >= 0.6 is 39.1 Å². The molecule has 3 aromatic carbocycles. The summed E-state index contributed by atoms with van der Waals surface area (Å²) in [6, 6.07) is 18.8. The molecule has 0 bridgehead atoms. The Morgan fingerprint density at radius 1 is 1.00 bits per heavy atom. The van der Waals surface area contributed by atoms with E-state index < -0.39 is 11.8 Å². The van der Waals surface area contributed by atoms with Crippen LogP contribution in [-0.4, -0.2) is 18.4 Å². The summed E-state index contributed by atoms with van der Waals surface area (Å²) in [7, 11) is 0. The maximum atomic E-state index is 13.1. The van der Waals surface area contributed by atoms with Gasteiger partial charge in [0.25, 0.3) is 11.8 Å². The van der Waals surface area contributed by atoms with Crippen LogP contribution < -0.4 is 15.4 Å². The van der Waals surface area contributed by atoms with Crippen molar-refractivity contribution in [3.05, 3.63) is 98.1 Å². The number of amides is 2. The number of hydrogen-bond donors (Lipinski definition) is 2. The first-order valence-corrected chi connectivity index (χ1v) is 12.2. The molecule has 0 aliphatic carbocycles. The highest BCUT2D eigenvalue weighted by Gasteiger charge is 2.16. The first-order valence-electron chi connectivity index (χ1n) is 10.6. The van der Waals surface area contributed by atoms with Gasteiger partial charge >= 0.3 is 0 Å². The van der Waals surface area contributed by atoms with Crippen molar-refractivity contribution >= 4 is 62.7 Å². The summed E-state index contributed by atoms with van der Waals surface area (Å²) in [6.07, 6.45) is 3.59. The minimum Gasteiger partial charge on any atom is -0.494 e. The summed E-state index contributed by atoms with van der Waals surface area (Å²) >= 11 is 15.5. The van der Waals surface area contributed by atoms with Crippen molar-refractivity contribution < 1.29 is 14.3 Å². The molecule has 5 nitrogen and oxygen atoms in total. The molecule has 0 aromatic heterocycles. The van der Waals surface area contributed by atoms with Gasteiger partial charge < -0.3 is 15.4 Å². The third-order valence-electron chi connectivity index (χ3n) is 4.74. The fourth-order valence-corrected chi connectivity index (χ4v) is 3.62. The predicted molar refractivity (Wildman–Crippen MR) is 142 cm³/mol. The second-order valence-corrected chi connectivity index (χ2v) is 9.13. The first kappa shape index (κ1) is 25.8. The normalized spacial score (nSPS) is 11.1. The largest absolute Gasteiger partial charge is 0.494 e. The maximum absolute atomic E-state index is 13.1. The van der Waals surface area contributed by atoms with Gasteiger partial charge in [0.1, 0.15) is 11.4 Å². The third kappa shape index (κ3) is 7.62. The Bertz CT molecular complexity index is 1180. The Morgan fingerprint density at radius 2 is 1.71 bits per heavy atom. The van der Waals surface area contributed by atoms with Gasteiger partial charge in [-0.15, -0.1) is 0 Å². The first-order chi connectivity index (χ1) is 16.4. The average Bonchev–Trinajstić information content (AvgIpc) is 2.82. The van der Waals surface area contributed by atoms with E-state index in [2.05, 4.69) is 33.5 Å². The van der Waals surface area contributed by atoms with Gasteiger partial charge in [0.05, 0.1) is 17.3 Å². The molecule has 3 aromatic rings. The lowest BCUT2D eigenvalue weighted by Gasteiger charge is -2.13. The zero-order chi connectivity index (χ0) is 24.5. The highest BCUT2D eigenvalue weighted by Crippen LogP contribution is 2.26. The Morgan fingerprint density at radius 3 is 2.35 bits per heavy atom. The number of nitrogens with one attached hydrogen (secondary N) is 2. The van der Waals surface area contributed by atoms with Gasteiger partial charge in [-0.1, -0.05) is 64.6 Å². The van der Waals surface area contributed by atoms with Gasteiger partial charge in [-0.25, -0.2) is 0 Å². The molecule has 176 valence electrons. The molecule has 0 saturated carbocycles. The quantitative estimate of drug-likeness (QED) is 0.212. The van der Waals surface area contributed by atoms with Crippen molar-refractivity contribution in [3.8, 4) is 5.75 Å². The second-order valence-electron chi connectivity index (χ2n) is 7.37. The molecular formula is C26H23BrCl2N2O3. The van der Waals surface area contributed by atoms with Crippen LogP contribution in [-0.2, 0) is 4.79 Å². The predicted octanol–water partition coefficient (Wildman–Crippen LogP) is 7.34. The number of unbranched alkanes of at least 4 members (excludes halogenated alkanes) is 1. The molecule has 34 heavy (non-hydrogen) atoms. The molecule has 2 N–H and O–H groups in total. The van der Waals surface area contributed by atoms with Crippen LogP contribution in [0.15, 0.2) is 76.9 Å². The van der Waals surface area contributed by atoms with E-state index in [4.69, 9.17) is 27.9 Å². The zero-order valence-electron chi connectivity index (χ0n) is 18.4. The van der Waals surface area contributed by atoms with Gasteiger partial charge in [0, 0.05) is 15.1 Å². The lowest BCUT2D eigenvalue weighted by molar-refractivity contribution is -0.113. The summed E-state index contributed by atoms with van der Waals surface area (Å²) < 4.78 is 6.54. The van der Waals surface area contributed by atoms with E-state index in [0.717, 1.165) is 22.9 Å². The fourth-order valence-electron chi connectivity index (χ4n) is 2.90. The smallest absolute Gasteiger partial charge is 0.272 e. The Kier molecular flexibility index (Phi) is 9.57. The maximum Gasteiger partial charge on any atom is 0.272 e. The van der Waals surface area contributed by atoms with E-state index in [1.54, 1.807) is 42.5 Å². The molecule has 0 radical (unpaired) electrons. The molecule has 0 fully saturated rings. The Balaban J connectivity index is 1.81. The van der Waals surface area contributed by atoms with Crippen LogP contribution in [0.3, 0.4) is 0 Å². The molecule has 0 unspecified atom stereocenters. The van der Waals surface area contributed by atoms with Crippen LogP contribution in [0.25, 0.3) is 6.08 Å². The van der Waals surface area contributed by atoms with Gasteiger partial charge in [0.2, 0.25) is 0 Å². The summed E-state index contributed by atoms with van der Waals surface area (Å²) in [4.78, 5) is 26.0. The van der Waals surface area contributed by atoms with Crippen molar-refractivity contribution in [1.29, 1.82) is 0 Å². The lowest BCUT2D eigenvalue weighted by atomic mass is 10.1. The Hall–Kier alpha value is -2.80. The van der Waals surface area contributed by atoms with Gasteiger partial charge in [-0.2, -0.15) is 0 Å². The number of hydrogen-bond acceptors (Lipinski definition) is 3. The number of carbonyl (C=O) groups is 2. The van der Waals surface area contributed by atoms with Crippen LogP contribution in [0.4, 0.5) is 5.69 Å². The molecule has 0 aliphatic heterocycles. The van der Waals surface area contributed by atoms with Crippen LogP contribution in [0.5, 0.6) is 5.75 Å². The summed E-state index contributed by atoms with van der Waals surface area (Å²) in [6.45, 7) is 2.71. The monoisotopic (exact) mass is 560 g/mol. The summed E-state index contributed by atoms with van der Waals surface area (Å²) in [5, 5.41) is 6.16. The van der Waals surface area contributed by atoms with Crippen LogP contribution in [0.2, 0.25) is 10.0 Å². The van der Waals surface area contributed by atoms with Crippen LogP contribution in [0.1, 0.15) is 35.7 Å². The number of anilines is 1. The van der Waals surface area contributed by atoms with E-state index >= 15 is 0 Å². The number of carbonyl (C=O) groups excluding carboxylic acids is 2. The van der Waals surface area contributed by atoms with Crippen molar-refractivity contribution in [1.82, 2.24) is 5.32 Å². The Labute approximate surface area is 217 Å². The molecule has 0 heterocycles. The molecule has 8 heteroatoms. The molecule has 0 aliphatic rings. The van der Waals surface area contributed by atoms with Crippen LogP contribution in [0, 0.1) is 0 Å². The average molecular weight is 562 g/mol. The van der Waals surface area contributed by atoms with Gasteiger partial charge in [-0.05, 0) is 72.7 Å². The molecule has 0 atom stereocenters. The highest BCUT2D eigenvalue weighted by atomic mass is 79.9. The standard InChI is InChI=1S/C26H23BrCl2N2O3/c1-2-3-14-34-21-11-6-18(7-12-21)25(32)31-24(15-17-4-8-19(27)9-5-17)26(33)30-23-13-10-20(28)16-22(23)29/h4-13,15-16H,2-3,14H2,1H3,(H,30,33)(H,31,32)/b24-15-. The van der Waals surface area contributed by atoms with Crippen molar-refractivity contribution in [3.63, 3.8) is 0 Å². The van der Waals surface area contributed by atoms with Gasteiger partial charge in [0.15, 0.2) is 0 Å².